The Hall–Kier alpha value is -2.36. The topological polar surface area (TPSA) is 118 Å². The third-order valence-corrected chi connectivity index (χ3v) is 5.96. The van der Waals surface area contributed by atoms with Gasteiger partial charge < -0.3 is 5.11 Å². The number of aliphatic carboxylic acids is 1. The first kappa shape index (κ1) is 20.0. The van der Waals surface area contributed by atoms with Gasteiger partial charge in [0.05, 0.1) is 21.2 Å². The first-order valence-electron chi connectivity index (χ1n) is 6.99. The average Bonchev–Trinajstić information content (AvgIpc) is 2.54. The lowest BCUT2D eigenvalue weighted by Gasteiger charge is -2.24. The van der Waals surface area contributed by atoms with E-state index in [0.29, 0.717) is 4.31 Å². The van der Waals surface area contributed by atoms with Gasteiger partial charge in [-0.25, -0.2) is 8.42 Å². The number of carboxylic acids is 1. The molecule has 8 nitrogen and oxygen atoms in total. The molecule has 0 aliphatic heterocycles. The highest BCUT2D eigenvalue weighted by Gasteiger charge is 2.32. The number of sulfonamides is 1. The maximum Gasteiger partial charge on any atom is 0.324 e. The van der Waals surface area contributed by atoms with Crippen molar-refractivity contribution < 1.29 is 23.2 Å². The van der Waals surface area contributed by atoms with Crippen LogP contribution in [0, 0.1) is 17.0 Å². The maximum atomic E-state index is 13.0. The zero-order chi connectivity index (χ0) is 19.6. The van der Waals surface area contributed by atoms with E-state index in [4.69, 9.17) is 28.3 Å². The molecular weight excluding hydrogens is 407 g/mol. The molecule has 1 N–H and O–H groups in total. The van der Waals surface area contributed by atoms with Gasteiger partial charge in [0.2, 0.25) is 0 Å². The number of benzene rings is 2. The quantitative estimate of drug-likeness (QED) is 0.566. The van der Waals surface area contributed by atoms with Gasteiger partial charge in [-0.1, -0.05) is 29.3 Å². The molecular formula is C15H12Cl2N2O6S. The Balaban J connectivity index is 2.73. The van der Waals surface area contributed by atoms with Crippen LogP contribution in [-0.4, -0.2) is 31.0 Å². The number of rotatable bonds is 6. The highest BCUT2D eigenvalue weighted by molar-refractivity contribution is 7.93. The standard InChI is InChI=1S/C15H12Cl2N2O6S/c1-9-12(3-2-4-13(9)19(22)23)18(8-15(20)21)26(24,25)14-7-10(16)5-6-11(14)17/h2-7H,8H2,1H3,(H,20,21). The molecule has 2 rings (SSSR count). The predicted octanol–water partition coefficient (Wildman–Crippen LogP) is 3.49. The van der Waals surface area contributed by atoms with Gasteiger partial charge in [-0.2, -0.15) is 0 Å². The van der Waals surface area contributed by atoms with Crippen molar-refractivity contribution in [1.29, 1.82) is 0 Å². The molecule has 0 bridgehead atoms. The molecule has 11 heteroatoms. The van der Waals surface area contributed by atoms with E-state index in [-0.39, 0.29) is 27.0 Å². The van der Waals surface area contributed by atoms with E-state index >= 15 is 0 Å². The van der Waals surface area contributed by atoms with Crippen LogP contribution < -0.4 is 4.31 Å². The molecule has 2 aromatic carbocycles. The third kappa shape index (κ3) is 3.90. The summed E-state index contributed by atoms with van der Waals surface area (Å²) in [6.07, 6.45) is 0. The van der Waals surface area contributed by atoms with Crippen molar-refractivity contribution in [3.63, 3.8) is 0 Å². The SMILES string of the molecule is Cc1c(N(CC(=O)O)S(=O)(=O)c2cc(Cl)ccc2Cl)cccc1[N+](=O)[O-]. The fourth-order valence-electron chi connectivity index (χ4n) is 2.30. The van der Waals surface area contributed by atoms with Crippen molar-refractivity contribution in [1.82, 2.24) is 0 Å². The molecule has 0 saturated heterocycles. The lowest BCUT2D eigenvalue weighted by Crippen LogP contribution is -2.36. The van der Waals surface area contributed by atoms with E-state index in [2.05, 4.69) is 0 Å². The number of carbonyl (C=O) groups is 1. The fraction of sp³-hybridized carbons (Fsp3) is 0.133. The molecule has 0 atom stereocenters. The Labute approximate surface area is 158 Å². The van der Waals surface area contributed by atoms with Crippen molar-refractivity contribution in [2.24, 2.45) is 0 Å². The summed E-state index contributed by atoms with van der Waals surface area (Å²) in [4.78, 5) is 21.3. The first-order chi connectivity index (χ1) is 12.1. The fourth-order valence-corrected chi connectivity index (χ4v) is 4.51. The minimum absolute atomic E-state index is 0.000440. The summed E-state index contributed by atoms with van der Waals surface area (Å²) in [5.74, 6) is -1.45. The minimum Gasteiger partial charge on any atom is -0.480 e. The summed E-state index contributed by atoms with van der Waals surface area (Å²) in [6, 6.07) is 7.46. The second kappa shape index (κ2) is 7.48. The van der Waals surface area contributed by atoms with Gasteiger partial charge in [-0.3, -0.25) is 19.2 Å². The van der Waals surface area contributed by atoms with Crippen molar-refractivity contribution >= 4 is 50.6 Å². The molecule has 0 unspecified atom stereocenters. The van der Waals surface area contributed by atoms with E-state index in [9.17, 15) is 23.3 Å². The van der Waals surface area contributed by atoms with Gasteiger partial charge in [0, 0.05) is 11.1 Å². The van der Waals surface area contributed by atoms with Crippen LogP contribution in [0.2, 0.25) is 10.0 Å². The number of anilines is 1. The molecule has 138 valence electrons. The lowest BCUT2D eigenvalue weighted by atomic mass is 10.1. The van der Waals surface area contributed by atoms with E-state index < -0.39 is 32.4 Å². The Morgan fingerprint density at radius 3 is 2.50 bits per heavy atom. The van der Waals surface area contributed by atoms with Crippen molar-refractivity contribution in [2.75, 3.05) is 10.8 Å². The van der Waals surface area contributed by atoms with Crippen LogP contribution in [0.4, 0.5) is 11.4 Å². The van der Waals surface area contributed by atoms with Gasteiger partial charge in [-0.15, -0.1) is 0 Å². The van der Waals surface area contributed by atoms with E-state index in [1.54, 1.807) is 0 Å². The van der Waals surface area contributed by atoms with Gasteiger partial charge in [0.15, 0.2) is 0 Å². The van der Waals surface area contributed by atoms with Crippen molar-refractivity contribution in [2.45, 2.75) is 11.8 Å². The van der Waals surface area contributed by atoms with Crippen molar-refractivity contribution in [3.8, 4) is 0 Å². The summed E-state index contributed by atoms with van der Waals surface area (Å²) >= 11 is 11.8. The monoisotopic (exact) mass is 418 g/mol. The first-order valence-corrected chi connectivity index (χ1v) is 9.19. The van der Waals surface area contributed by atoms with E-state index in [1.807, 2.05) is 0 Å². The van der Waals surface area contributed by atoms with Crippen LogP contribution in [-0.2, 0) is 14.8 Å². The number of carboxylic acid groups (broad SMARTS) is 1. The Kier molecular flexibility index (Phi) is 5.74. The molecule has 0 spiro atoms. The van der Waals surface area contributed by atoms with Crippen LogP contribution in [0.3, 0.4) is 0 Å². The molecule has 2 aromatic rings. The second-order valence-electron chi connectivity index (χ2n) is 5.16. The summed E-state index contributed by atoms with van der Waals surface area (Å²) in [5.41, 5.74) is -0.483. The van der Waals surface area contributed by atoms with Gasteiger partial charge in [0.25, 0.3) is 15.7 Å². The maximum absolute atomic E-state index is 13.0. The van der Waals surface area contributed by atoms with Crippen molar-refractivity contribution in [3.05, 3.63) is 62.1 Å². The zero-order valence-corrected chi connectivity index (χ0v) is 15.5. The molecule has 26 heavy (non-hydrogen) atoms. The minimum atomic E-state index is -4.45. The number of nitrogens with zero attached hydrogens (tertiary/aromatic N) is 2. The smallest absolute Gasteiger partial charge is 0.324 e. The van der Waals surface area contributed by atoms with Gasteiger partial charge in [-0.05, 0) is 31.2 Å². The van der Waals surface area contributed by atoms with E-state index in [1.165, 1.54) is 37.3 Å². The second-order valence-corrected chi connectivity index (χ2v) is 7.83. The number of halogens is 2. The van der Waals surface area contributed by atoms with Crippen LogP contribution in [0.5, 0.6) is 0 Å². The molecule has 0 fully saturated rings. The predicted molar refractivity (Wildman–Crippen MR) is 96.5 cm³/mol. The number of hydrogen-bond acceptors (Lipinski definition) is 5. The molecule has 0 radical (unpaired) electrons. The number of nitro groups is 1. The number of nitro benzene ring substituents is 1. The average molecular weight is 419 g/mol. The summed E-state index contributed by atoms with van der Waals surface area (Å²) < 4.78 is 26.6. The highest BCUT2D eigenvalue weighted by Crippen LogP contribution is 2.34. The van der Waals surface area contributed by atoms with Gasteiger partial charge in [0.1, 0.15) is 11.4 Å². The largest absolute Gasteiger partial charge is 0.480 e. The van der Waals surface area contributed by atoms with Gasteiger partial charge >= 0.3 is 5.97 Å². The Morgan fingerprint density at radius 2 is 1.92 bits per heavy atom. The summed E-state index contributed by atoms with van der Waals surface area (Å²) in [6.45, 7) is 0.380. The van der Waals surface area contributed by atoms with E-state index in [0.717, 1.165) is 6.07 Å². The molecule has 0 aliphatic rings. The molecule has 0 amide bonds. The highest BCUT2D eigenvalue weighted by atomic mass is 35.5. The molecule has 0 saturated carbocycles. The van der Waals surface area contributed by atoms with Crippen LogP contribution >= 0.6 is 23.2 Å². The summed E-state index contributed by atoms with van der Waals surface area (Å²) in [5, 5.41) is 20.2. The lowest BCUT2D eigenvalue weighted by molar-refractivity contribution is -0.385. The van der Waals surface area contributed by atoms with Crippen LogP contribution in [0.1, 0.15) is 5.56 Å². The molecule has 0 aliphatic carbocycles. The zero-order valence-electron chi connectivity index (χ0n) is 13.2. The summed E-state index contributed by atoms with van der Waals surface area (Å²) in [7, 11) is -4.45. The Bertz CT molecular complexity index is 994. The molecule has 0 aromatic heterocycles. The number of hydrogen-bond donors (Lipinski definition) is 1. The van der Waals surface area contributed by atoms with Crippen LogP contribution in [0.25, 0.3) is 0 Å². The van der Waals surface area contributed by atoms with Crippen LogP contribution in [0.15, 0.2) is 41.3 Å². The third-order valence-electron chi connectivity index (χ3n) is 3.48. The Morgan fingerprint density at radius 1 is 1.27 bits per heavy atom. The molecule has 0 heterocycles. The normalized spacial score (nSPS) is 11.2.